The number of H-pyrrole nitrogens is 1. The molecule has 0 atom stereocenters. The minimum atomic E-state index is -0.467. The summed E-state index contributed by atoms with van der Waals surface area (Å²) in [7, 11) is 0. The second kappa shape index (κ2) is 5.22. The van der Waals surface area contributed by atoms with Gasteiger partial charge in [-0.1, -0.05) is 0 Å². The molecule has 2 aromatic rings. The number of carbonyl (C=O) groups is 1. The van der Waals surface area contributed by atoms with E-state index in [1.165, 1.54) is 30.7 Å². The molecule has 0 saturated heterocycles. The first-order chi connectivity index (χ1) is 8.70. The van der Waals surface area contributed by atoms with Gasteiger partial charge < -0.3 is 9.72 Å². The lowest BCUT2D eigenvalue weighted by molar-refractivity contribution is 0.0525. The molecule has 18 heavy (non-hydrogen) atoms. The van der Waals surface area contributed by atoms with E-state index in [1.807, 2.05) is 0 Å². The number of carbonyl (C=O) groups excluding carboxylic acids is 1. The van der Waals surface area contributed by atoms with E-state index in [-0.39, 0.29) is 11.0 Å². The zero-order chi connectivity index (χ0) is 13.0. The van der Waals surface area contributed by atoms with Crippen LogP contribution >= 0.6 is 0 Å². The van der Waals surface area contributed by atoms with E-state index in [4.69, 9.17) is 4.74 Å². The standard InChI is InChI=1S/C12H11N3O3/c1-2-18-12(17)8-6-14-11(15-7-8)10-5-9(16)3-4-13-10/h3-7H,2H2,1H3,(H,13,16). The van der Waals surface area contributed by atoms with E-state index >= 15 is 0 Å². The summed E-state index contributed by atoms with van der Waals surface area (Å²) in [5.41, 5.74) is 0.638. The van der Waals surface area contributed by atoms with E-state index in [9.17, 15) is 9.59 Å². The first-order valence-corrected chi connectivity index (χ1v) is 5.39. The van der Waals surface area contributed by atoms with Crippen LogP contribution in [0.15, 0.2) is 35.5 Å². The summed E-state index contributed by atoms with van der Waals surface area (Å²) >= 11 is 0. The molecule has 0 aliphatic heterocycles. The van der Waals surface area contributed by atoms with Gasteiger partial charge in [-0.25, -0.2) is 14.8 Å². The molecule has 0 bridgehead atoms. The Morgan fingerprint density at radius 1 is 1.39 bits per heavy atom. The van der Waals surface area contributed by atoms with Gasteiger partial charge in [-0.3, -0.25) is 4.79 Å². The van der Waals surface area contributed by atoms with Gasteiger partial charge in [0.1, 0.15) is 0 Å². The molecule has 1 N–H and O–H groups in total. The van der Waals surface area contributed by atoms with Crippen LogP contribution in [0.1, 0.15) is 17.3 Å². The summed E-state index contributed by atoms with van der Waals surface area (Å²) in [5.74, 6) is -0.119. The number of hydrogen-bond acceptors (Lipinski definition) is 5. The van der Waals surface area contributed by atoms with Crippen LogP contribution in [-0.2, 0) is 4.74 Å². The lowest BCUT2D eigenvalue weighted by Crippen LogP contribution is -2.07. The maximum absolute atomic E-state index is 11.4. The van der Waals surface area contributed by atoms with Gasteiger partial charge in [0, 0.05) is 30.7 Å². The Morgan fingerprint density at radius 3 is 2.72 bits per heavy atom. The highest BCUT2D eigenvalue weighted by molar-refractivity contribution is 5.88. The molecule has 0 unspecified atom stereocenters. The molecule has 6 nitrogen and oxygen atoms in total. The smallest absolute Gasteiger partial charge is 0.341 e. The molecular weight excluding hydrogens is 234 g/mol. The molecular formula is C12H11N3O3. The monoisotopic (exact) mass is 245 g/mol. The average Bonchev–Trinajstić information content (AvgIpc) is 2.39. The quantitative estimate of drug-likeness (QED) is 0.815. The normalized spacial score (nSPS) is 10.1. The van der Waals surface area contributed by atoms with Crippen LogP contribution in [0.5, 0.6) is 0 Å². The third-order valence-electron chi connectivity index (χ3n) is 2.18. The lowest BCUT2D eigenvalue weighted by Gasteiger charge is -2.02. The van der Waals surface area contributed by atoms with Crippen molar-refractivity contribution in [2.75, 3.05) is 6.61 Å². The van der Waals surface area contributed by atoms with Gasteiger partial charge in [-0.05, 0) is 6.92 Å². The highest BCUT2D eigenvalue weighted by atomic mass is 16.5. The third kappa shape index (κ3) is 2.60. The number of pyridine rings is 1. The van der Waals surface area contributed by atoms with Crippen molar-refractivity contribution in [1.82, 2.24) is 15.0 Å². The maximum Gasteiger partial charge on any atom is 0.341 e. The molecule has 2 heterocycles. The fraction of sp³-hybridized carbons (Fsp3) is 0.167. The van der Waals surface area contributed by atoms with Gasteiger partial charge in [-0.15, -0.1) is 0 Å². The van der Waals surface area contributed by atoms with Crippen molar-refractivity contribution in [3.05, 3.63) is 46.5 Å². The Kier molecular flexibility index (Phi) is 3.47. The number of nitrogens with zero attached hydrogens (tertiary/aromatic N) is 2. The summed E-state index contributed by atoms with van der Waals surface area (Å²) < 4.78 is 4.82. The SMILES string of the molecule is CCOC(=O)c1cnc(-c2cc(=O)cc[nH]2)nc1. The summed E-state index contributed by atoms with van der Waals surface area (Å²) in [6, 6.07) is 2.79. The number of esters is 1. The number of nitrogens with one attached hydrogen (secondary N) is 1. The Hall–Kier alpha value is -2.50. The van der Waals surface area contributed by atoms with E-state index in [0.717, 1.165) is 0 Å². The molecule has 0 radical (unpaired) electrons. The third-order valence-corrected chi connectivity index (χ3v) is 2.18. The zero-order valence-corrected chi connectivity index (χ0v) is 9.71. The van der Waals surface area contributed by atoms with Gasteiger partial charge >= 0.3 is 5.97 Å². The summed E-state index contributed by atoms with van der Waals surface area (Å²) in [5, 5.41) is 0. The fourth-order valence-electron chi connectivity index (χ4n) is 1.36. The number of ether oxygens (including phenoxy) is 1. The molecule has 0 aliphatic rings. The predicted molar refractivity (Wildman–Crippen MR) is 64.0 cm³/mol. The van der Waals surface area contributed by atoms with Crippen LogP contribution in [0.25, 0.3) is 11.5 Å². The van der Waals surface area contributed by atoms with Crippen LogP contribution in [0, 0.1) is 0 Å². The van der Waals surface area contributed by atoms with Crippen LogP contribution in [0.4, 0.5) is 0 Å². The largest absolute Gasteiger partial charge is 0.462 e. The van der Waals surface area contributed by atoms with Crippen LogP contribution < -0.4 is 5.43 Å². The number of aromatic amines is 1. The van der Waals surface area contributed by atoms with Crippen molar-refractivity contribution in [3.8, 4) is 11.5 Å². The van der Waals surface area contributed by atoms with Gasteiger partial charge in [0.15, 0.2) is 11.3 Å². The van der Waals surface area contributed by atoms with Crippen molar-refractivity contribution in [2.24, 2.45) is 0 Å². The second-order valence-corrected chi connectivity index (χ2v) is 3.45. The van der Waals surface area contributed by atoms with E-state index in [0.29, 0.717) is 18.1 Å². The molecule has 92 valence electrons. The molecule has 0 saturated carbocycles. The summed E-state index contributed by atoms with van der Waals surface area (Å²) in [6.45, 7) is 2.02. The first kappa shape index (κ1) is 12.0. The van der Waals surface area contributed by atoms with Crippen molar-refractivity contribution in [1.29, 1.82) is 0 Å². The molecule has 2 aromatic heterocycles. The summed E-state index contributed by atoms with van der Waals surface area (Å²) in [6.07, 6.45) is 4.25. The van der Waals surface area contributed by atoms with Crippen LogP contribution in [0.3, 0.4) is 0 Å². The van der Waals surface area contributed by atoms with Gasteiger partial charge in [0.25, 0.3) is 0 Å². The molecule has 0 amide bonds. The molecule has 0 spiro atoms. The number of hydrogen-bond donors (Lipinski definition) is 1. The maximum atomic E-state index is 11.4. The van der Waals surface area contributed by atoms with Gasteiger partial charge in [0.2, 0.25) is 0 Å². The minimum absolute atomic E-state index is 0.137. The topological polar surface area (TPSA) is 84.9 Å². The molecule has 0 fully saturated rings. The van der Waals surface area contributed by atoms with Crippen molar-refractivity contribution in [2.45, 2.75) is 6.92 Å². The van der Waals surface area contributed by atoms with Crippen molar-refractivity contribution in [3.63, 3.8) is 0 Å². The van der Waals surface area contributed by atoms with E-state index < -0.39 is 5.97 Å². The number of rotatable bonds is 3. The highest BCUT2D eigenvalue weighted by Gasteiger charge is 2.08. The second-order valence-electron chi connectivity index (χ2n) is 3.45. The first-order valence-electron chi connectivity index (χ1n) is 5.39. The van der Waals surface area contributed by atoms with Gasteiger partial charge in [0.05, 0.1) is 17.9 Å². The van der Waals surface area contributed by atoms with E-state index in [2.05, 4.69) is 15.0 Å². The predicted octanol–water partition coefficient (Wildman–Crippen LogP) is 1.01. The molecule has 0 aliphatic carbocycles. The number of aromatic nitrogens is 3. The van der Waals surface area contributed by atoms with E-state index in [1.54, 1.807) is 6.92 Å². The Balaban J connectivity index is 2.27. The highest BCUT2D eigenvalue weighted by Crippen LogP contribution is 2.08. The molecule has 2 rings (SSSR count). The van der Waals surface area contributed by atoms with Gasteiger partial charge in [-0.2, -0.15) is 0 Å². The Labute approximate surface area is 103 Å². The van der Waals surface area contributed by atoms with Crippen LogP contribution in [0.2, 0.25) is 0 Å². The molecule has 0 aromatic carbocycles. The fourth-order valence-corrected chi connectivity index (χ4v) is 1.36. The van der Waals surface area contributed by atoms with Crippen molar-refractivity contribution >= 4 is 5.97 Å². The average molecular weight is 245 g/mol. The Bertz CT molecular complexity index is 604. The molecule has 6 heteroatoms. The lowest BCUT2D eigenvalue weighted by atomic mass is 10.3. The van der Waals surface area contributed by atoms with Crippen molar-refractivity contribution < 1.29 is 9.53 Å². The summed E-state index contributed by atoms with van der Waals surface area (Å²) in [4.78, 5) is 33.4. The van der Waals surface area contributed by atoms with Crippen LogP contribution in [-0.4, -0.2) is 27.5 Å². The Morgan fingerprint density at radius 2 is 2.11 bits per heavy atom. The zero-order valence-electron chi connectivity index (χ0n) is 9.71. The minimum Gasteiger partial charge on any atom is -0.462 e.